The molecule has 7 N–H and O–H groups in total. The average Bonchev–Trinajstić information content (AvgIpc) is 2.74. The number of nitrogens with zero attached hydrogens (tertiary/aromatic N) is 7. The number of anilines is 4. The van der Waals surface area contributed by atoms with E-state index in [4.69, 9.17) is 28.8 Å². The number of nitriles is 1. The van der Waals surface area contributed by atoms with Gasteiger partial charge in [0.1, 0.15) is 29.1 Å². The molecule has 32 heavy (non-hydrogen) atoms. The standard InChI is InChI=1S/C19H16ClN11O/c1-8(27-16-9(5-21)15(23)29-19(24)30-16)17-28-11-4-2-3-10(20)14(11)18(32)31(17)13-7-25-12(22)6-26-13/h2-4,6-8H,1H3,(H2,22,25)(H5,23,24,27,29,30)/t8-/m0/s1. The van der Waals surface area contributed by atoms with Gasteiger partial charge in [0.25, 0.3) is 5.56 Å². The number of halogens is 1. The Balaban J connectivity index is 1.94. The van der Waals surface area contributed by atoms with Crippen LogP contribution in [0, 0.1) is 11.3 Å². The number of hydrogen-bond acceptors (Lipinski definition) is 11. The zero-order valence-corrected chi connectivity index (χ0v) is 17.4. The molecule has 12 nitrogen and oxygen atoms in total. The first-order valence-corrected chi connectivity index (χ1v) is 9.56. The number of aromatic nitrogens is 6. The molecule has 13 heteroatoms. The number of fused-ring (bicyclic) bond motifs is 1. The van der Waals surface area contributed by atoms with Crippen LogP contribution in [-0.4, -0.2) is 29.5 Å². The van der Waals surface area contributed by atoms with Gasteiger partial charge in [-0.1, -0.05) is 17.7 Å². The highest BCUT2D eigenvalue weighted by Gasteiger charge is 2.22. The second-order valence-electron chi connectivity index (χ2n) is 6.71. The van der Waals surface area contributed by atoms with E-state index < -0.39 is 11.6 Å². The second-order valence-corrected chi connectivity index (χ2v) is 7.12. The van der Waals surface area contributed by atoms with Gasteiger partial charge in [0, 0.05) is 0 Å². The predicted octanol–water partition coefficient (Wildman–Crippen LogP) is 1.41. The Labute approximate surface area is 185 Å². The number of rotatable bonds is 4. The molecule has 0 saturated heterocycles. The van der Waals surface area contributed by atoms with Crippen LogP contribution in [0.3, 0.4) is 0 Å². The maximum absolute atomic E-state index is 13.4. The summed E-state index contributed by atoms with van der Waals surface area (Å²) in [7, 11) is 0. The fourth-order valence-corrected chi connectivity index (χ4v) is 3.40. The van der Waals surface area contributed by atoms with Crippen LogP contribution in [0.4, 0.5) is 23.4 Å². The van der Waals surface area contributed by atoms with Crippen molar-refractivity contribution in [1.82, 2.24) is 29.5 Å². The van der Waals surface area contributed by atoms with Crippen LogP contribution in [0.25, 0.3) is 16.7 Å². The quantitative estimate of drug-likeness (QED) is 0.350. The van der Waals surface area contributed by atoms with Crippen molar-refractivity contribution in [3.05, 3.63) is 57.4 Å². The summed E-state index contributed by atoms with van der Waals surface area (Å²) in [6.07, 6.45) is 2.67. The molecule has 0 bridgehead atoms. The van der Waals surface area contributed by atoms with Crippen LogP contribution in [0.5, 0.6) is 0 Å². The molecule has 0 saturated carbocycles. The molecule has 0 radical (unpaired) electrons. The summed E-state index contributed by atoms with van der Waals surface area (Å²) >= 11 is 6.28. The summed E-state index contributed by atoms with van der Waals surface area (Å²) in [5, 5.41) is 12.9. The number of nitrogens with one attached hydrogen (secondary N) is 1. The third-order valence-corrected chi connectivity index (χ3v) is 4.88. The molecular formula is C19H16ClN11O. The van der Waals surface area contributed by atoms with Gasteiger partial charge in [-0.05, 0) is 19.1 Å². The molecule has 1 aromatic carbocycles. The minimum Gasteiger partial charge on any atom is -0.382 e. The van der Waals surface area contributed by atoms with Gasteiger partial charge in [0.2, 0.25) is 5.95 Å². The summed E-state index contributed by atoms with van der Waals surface area (Å²) in [5.74, 6) is 0.533. The van der Waals surface area contributed by atoms with Crippen molar-refractivity contribution in [2.75, 3.05) is 22.5 Å². The molecule has 4 rings (SSSR count). The number of nitrogens with two attached hydrogens (primary N) is 3. The summed E-state index contributed by atoms with van der Waals surface area (Å²) in [6.45, 7) is 1.72. The minimum atomic E-state index is -0.661. The molecule has 0 unspecified atom stereocenters. The Hall–Kier alpha value is -4.50. The van der Waals surface area contributed by atoms with Crippen molar-refractivity contribution in [2.45, 2.75) is 13.0 Å². The first kappa shape index (κ1) is 20.8. The molecule has 0 fully saturated rings. The molecule has 0 spiro atoms. The Bertz CT molecular complexity index is 1440. The van der Waals surface area contributed by atoms with Gasteiger partial charge in [0.05, 0.1) is 34.4 Å². The molecular weight excluding hydrogens is 434 g/mol. The fraction of sp³-hybridized carbons (Fsp3) is 0.105. The van der Waals surface area contributed by atoms with Crippen molar-refractivity contribution < 1.29 is 0 Å². The van der Waals surface area contributed by atoms with Gasteiger partial charge in [-0.2, -0.15) is 15.2 Å². The first-order valence-electron chi connectivity index (χ1n) is 9.18. The van der Waals surface area contributed by atoms with E-state index in [1.54, 1.807) is 25.1 Å². The minimum absolute atomic E-state index is 0.0102. The third-order valence-electron chi connectivity index (χ3n) is 4.57. The Morgan fingerprint density at radius 2 is 1.94 bits per heavy atom. The first-order chi connectivity index (χ1) is 15.3. The van der Waals surface area contributed by atoms with Crippen LogP contribution >= 0.6 is 11.6 Å². The maximum atomic E-state index is 13.4. The van der Waals surface area contributed by atoms with Crippen molar-refractivity contribution in [2.24, 2.45) is 0 Å². The topological polar surface area (TPSA) is 200 Å². The molecule has 3 aromatic heterocycles. The SMILES string of the molecule is C[C@H](Nc1nc(N)nc(N)c1C#N)c1nc2cccc(Cl)c2c(=O)n1-c1cnc(N)cn1. The van der Waals surface area contributed by atoms with Crippen LogP contribution < -0.4 is 28.1 Å². The van der Waals surface area contributed by atoms with Gasteiger partial charge in [-0.15, -0.1) is 0 Å². The van der Waals surface area contributed by atoms with Crippen molar-refractivity contribution in [1.29, 1.82) is 5.26 Å². The maximum Gasteiger partial charge on any atom is 0.268 e. The lowest BCUT2D eigenvalue weighted by atomic mass is 10.2. The van der Waals surface area contributed by atoms with Crippen molar-refractivity contribution in [3.63, 3.8) is 0 Å². The summed E-state index contributed by atoms with van der Waals surface area (Å²) in [6, 6.07) is 6.23. The van der Waals surface area contributed by atoms with E-state index in [0.29, 0.717) is 5.52 Å². The Kier molecular flexibility index (Phi) is 5.17. The third kappa shape index (κ3) is 3.57. The van der Waals surface area contributed by atoms with Crippen LogP contribution in [0.1, 0.15) is 24.4 Å². The van der Waals surface area contributed by atoms with Crippen LogP contribution in [0.15, 0.2) is 35.4 Å². The van der Waals surface area contributed by atoms with Crippen molar-refractivity contribution in [3.8, 4) is 11.9 Å². The zero-order valence-electron chi connectivity index (χ0n) is 16.6. The van der Waals surface area contributed by atoms with E-state index in [9.17, 15) is 10.1 Å². The second kappa shape index (κ2) is 7.97. The molecule has 0 aliphatic carbocycles. The normalized spacial score (nSPS) is 11.8. The number of hydrogen-bond donors (Lipinski definition) is 4. The zero-order chi connectivity index (χ0) is 23.0. The van der Waals surface area contributed by atoms with Gasteiger partial charge in [-0.3, -0.25) is 4.79 Å². The molecule has 3 heterocycles. The Morgan fingerprint density at radius 1 is 1.16 bits per heavy atom. The fourth-order valence-electron chi connectivity index (χ4n) is 3.15. The lowest BCUT2D eigenvalue weighted by Gasteiger charge is -2.20. The van der Waals surface area contributed by atoms with E-state index in [1.165, 1.54) is 17.0 Å². The summed E-state index contributed by atoms with van der Waals surface area (Å²) in [4.78, 5) is 34.1. The Morgan fingerprint density at radius 3 is 2.62 bits per heavy atom. The van der Waals surface area contributed by atoms with Crippen LogP contribution in [0.2, 0.25) is 5.02 Å². The summed E-state index contributed by atoms with van der Waals surface area (Å²) < 4.78 is 1.26. The van der Waals surface area contributed by atoms with E-state index in [1.807, 2.05) is 6.07 Å². The van der Waals surface area contributed by atoms with Gasteiger partial charge in [0.15, 0.2) is 11.6 Å². The number of nitrogen functional groups attached to an aromatic ring is 3. The van der Waals surface area contributed by atoms with E-state index >= 15 is 0 Å². The molecule has 1 atom stereocenters. The van der Waals surface area contributed by atoms with Crippen molar-refractivity contribution >= 4 is 45.9 Å². The highest BCUT2D eigenvalue weighted by Crippen LogP contribution is 2.26. The monoisotopic (exact) mass is 449 g/mol. The molecule has 0 aliphatic rings. The van der Waals surface area contributed by atoms with Crippen LogP contribution in [-0.2, 0) is 0 Å². The lowest BCUT2D eigenvalue weighted by Crippen LogP contribution is -2.28. The van der Waals surface area contributed by atoms with Gasteiger partial charge in [-0.25, -0.2) is 19.5 Å². The lowest BCUT2D eigenvalue weighted by molar-refractivity contribution is 0.719. The number of benzene rings is 1. The van der Waals surface area contributed by atoms with Gasteiger partial charge < -0.3 is 22.5 Å². The average molecular weight is 450 g/mol. The highest BCUT2D eigenvalue weighted by molar-refractivity contribution is 6.35. The highest BCUT2D eigenvalue weighted by atomic mass is 35.5. The van der Waals surface area contributed by atoms with E-state index in [0.717, 1.165) is 0 Å². The predicted molar refractivity (Wildman–Crippen MR) is 120 cm³/mol. The molecule has 0 amide bonds. The summed E-state index contributed by atoms with van der Waals surface area (Å²) in [5.41, 5.74) is 17.0. The van der Waals surface area contributed by atoms with Gasteiger partial charge >= 0.3 is 0 Å². The molecule has 0 aliphatic heterocycles. The molecule has 4 aromatic rings. The van der Waals surface area contributed by atoms with E-state index in [2.05, 4.69) is 30.2 Å². The van der Waals surface area contributed by atoms with E-state index in [-0.39, 0.29) is 51.0 Å². The molecule has 160 valence electrons. The largest absolute Gasteiger partial charge is 0.382 e. The smallest absolute Gasteiger partial charge is 0.268 e.